The molecule has 2 aromatic carbocycles. The molecule has 21 heavy (non-hydrogen) atoms. The van der Waals surface area contributed by atoms with Crippen LogP contribution in [0.1, 0.15) is 12.5 Å². The summed E-state index contributed by atoms with van der Waals surface area (Å²) in [7, 11) is 0. The van der Waals surface area contributed by atoms with Crippen molar-refractivity contribution in [1.29, 1.82) is 0 Å². The molecule has 0 fully saturated rings. The van der Waals surface area contributed by atoms with Gasteiger partial charge in [-0.3, -0.25) is 0 Å². The van der Waals surface area contributed by atoms with Crippen molar-refractivity contribution in [3.63, 3.8) is 0 Å². The molecule has 2 N–H and O–H groups in total. The molecule has 0 aliphatic rings. The second-order valence-electron chi connectivity index (χ2n) is 4.65. The normalized spacial score (nSPS) is 12.2. The lowest BCUT2D eigenvalue weighted by atomic mass is 10.1. The average molecular weight is 283 g/mol. The summed E-state index contributed by atoms with van der Waals surface area (Å²) < 4.78 is 4.89. The quantitative estimate of drug-likeness (QED) is 0.837. The maximum Gasteiger partial charge on any atom is 0.404 e. The van der Waals surface area contributed by atoms with Gasteiger partial charge < -0.3 is 10.5 Å². The molecule has 1 unspecified atom stereocenters. The maximum atomic E-state index is 10.6. The number of primary amides is 1. The number of rotatable bonds is 5. The highest BCUT2D eigenvalue weighted by atomic mass is 16.6. The van der Waals surface area contributed by atoms with Crippen molar-refractivity contribution in [3.05, 3.63) is 60.2 Å². The first kappa shape index (κ1) is 14.7. The SMILES string of the molecule is CC(Cc1ccc(N=Nc2ccccc2)cc1)OC(N)=O. The molecule has 0 aliphatic carbocycles. The van der Waals surface area contributed by atoms with Crippen molar-refractivity contribution >= 4 is 17.5 Å². The van der Waals surface area contributed by atoms with Crippen molar-refractivity contribution < 1.29 is 9.53 Å². The molecule has 1 amide bonds. The third kappa shape index (κ3) is 5.06. The maximum absolute atomic E-state index is 10.6. The van der Waals surface area contributed by atoms with Gasteiger partial charge in [0.05, 0.1) is 11.4 Å². The zero-order chi connectivity index (χ0) is 15.1. The van der Waals surface area contributed by atoms with Crippen LogP contribution in [0.2, 0.25) is 0 Å². The van der Waals surface area contributed by atoms with Crippen molar-refractivity contribution in [1.82, 2.24) is 0 Å². The molecule has 1 atom stereocenters. The highest BCUT2D eigenvalue weighted by Crippen LogP contribution is 2.19. The third-order valence-corrected chi connectivity index (χ3v) is 2.81. The zero-order valence-corrected chi connectivity index (χ0v) is 11.8. The molecule has 0 saturated carbocycles. The Morgan fingerprint density at radius 2 is 1.62 bits per heavy atom. The highest BCUT2D eigenvalue weighted by molar-refractivity contribution is 5.64. The minimum Gasteiger partial charge on any atom is -0.446 e. The minimum atomic E-state index is -0.754. The van der Waals surface area contributed by atoms with Crippen LogP contribution in [0, 0.1) is 0 Å². The Balaban J connectivity index is 1.96. The number of hydrogen-bond acceptors (Lipinski definition) is 4. The number of hydrogen-bond donors (Lipinski definition) is 1. The van der Waals surface area contributed by atoms with Crippen molar-refractivity contribution in [2.45, 2.75) is 19.4 Å². The van der Waals surface area contributed by atoms with Crippen LogP contribution in [0.4, 0.5) is 16.2 Å². The monoisotopic (exact) mass is 283 g/mol. The molecule has 2 rings (SSSR count). The number of carbonyl (C=O) groups excluding carboxylic acids is 1. The Morgan fingerprint density at radius 1 is 1.05 bits per heavy atom. The fraction of sp³-hybridized carbons (Fsp3) is 0.188. The summed E-state index contributed by atoms with van der Waals surface area (Å²) in [5, 5.41) is 8.31. The minimum absolute atomic E-state index is 0.251. The van der Waals surface area contributed by atoms with Crippen molar-refractivity contribution in [3.8, 4) is 0 Å². The smallest absolute Gasteiger partial charge is 0.404 e. The molecular formula is C16H17N3O2. The number of benzene rings is 2. The molecule has 0 aliphatic heterocycles. The van der Waals surface area contributed by atoms with E-state index in [1.165, 1.54) is 0 Å². The molecule has 0 saturated heterocycles. The first-order valence-corrected chi connectivity index (χ1v) is 6.65. The number of nitrogens with zero attached hydrogens (tertiary/aromatic N) is 2. The van der Waals surface area contributed by atoms with Crippen LogP contribution >= 0.6 is 0 Å². The van der Waals surface area contributed by atoms with E-state index in [0.29, 0.717) is 6.42 Å². The first-order valence-electron chi connectivity index (χ1n) is 6.65. The Labute approximate surface area is 123 Å². The standard InChI is InChI=1S/C16H17N3O2/c1-12(21-16(17)20)11-13-7-9-15(10-8-13)19-18-14-5-3-2-4-6-14/h2-10,12H,11H2,1H3,(H2,17,20). The Bertz CT molecular complexity index is 609. The summed E-state index contributed by atoms with van der Waals surface area (Å²) in [5.74, 6) is 0. The summed E-state index contributed by atoms with van der Waals surface area (Å²) >= 11 is 0. The van der Waals surface area contributed by atoms with Crippen molar-refractivity contribution in [2.24, 2.45) is 16.0 Å². The predicted octanol–water partition coefficient (Wildman–Crippen LogP) is 4.13. The Hall–Kier alpha value is -2.69. The van der Waals surface area contributed by atoms with Crippen LogP contribution < -0.4 is 5.73 Å². The Morgan fingerprint density at radius 3 is 2.19 bits per heavy atom. The lowest BCUT2D eigenvalue weighted by Gasteiger charge is -2.11. The van der Waals surface area contributed by atoms with Gasteiger partial charge in [0, 0.05) is 6.42 Å². The fourth-order valence-electron chi connectivity index (χ4n) is 1.88. The fourth-order valence-corrected chi connectivity index (χ4v) is 1.88. The van der Waals surface area contributed by atoms with Crippen LogP contribution in [0.25, 0.3) is 0 Å². The average Bonchev–Trinajstić information content (AvgIpc) is 2.47. The summed E-state index contributed by atoms with van der Waals surface area (Å²) in [6.45, 7) is 1.80. The number of nitrogens with two attached hydrogens (primary N) is 1. The van der Waals surface area contributed by atoms with Gasteiger partial charge in [0.2, 0.25) is 0 Å². The van der Waals surface area contributed by atoms with E-state index in [0.717, 1.165) is 16.9 Å². The van der Waals surface area contributed by atoms with Gasteiger partial charge in [-0.25, -0.2) is 4.79 Å². The molecule has 0 radical (unpaired) electrons. The van der Waals surface area contributed by atoms with Crippen LogP contribution in [0.15, 0.2) is 64.8 Å². The lowest BCUT2D eigenvalue weighted by molar-refractivity contribution is 0.116. The molecule has 2 aromatic rings. The second kappa shape index (κ2) is 7.19. The van der Waals surface area contributed by atoms with E-state index in [4.69, 9.17) is 10.5 Å². The molecule has 0 aromatic heterocycles. The van der Waals surface area contributed by atoms with E-state index in [9.17, 15) is 4.79 Å². The largest absolute Gasteiger partial charge is 0.446 e. The van der Waals surface area contributed by atoms with Gasteiger partial charge in [-0.05, 0) is 36.8 Å². The summed E-state index contributed by atoms with van der Waals surface area (Å²) in [6, 6.07) is 17.2. The lowest BCUT2D eigenvalue weighted by Crippen LogP contribution is -2.21. The van der Waals surface area contributed by atoms with E-state index in [1.807, 2.05) is 54.6 Å². The van der Waals surface area contributed by atoms with E-state index >= 15 is 0 Å². The van der Waals surface area contributed by atoms with Gasteiger partial charge >= 0.3 is 6.09 Å². The summed E-state index contributed by atoms with van der Waals surface area (Å²) in [4.78, 5) is 10.6. The van der Waals surface area contributed by atoms with Gasteiger partial charge in [0.15, 0.2) is 0 Å². The number of carbonyl (C=O) groups is 1. The van der Waals surface area contributed by atoms with Gasteiger partial charge in [-0.15, -0.1) is 0 Å². The molecule has 5 heteroatoms. The van der Waals surface area contributed by atoms with Crippen molar-refractivity contribution in [2.75, 3.05) is 0 Å². The molecule has 5 nitrogen and oxygen atoms in total. The van der Waals surface area contributed by atoms with Crippen LogP contribution in [0.3, 0.4) is 0 Å². The van der Waals surface area contributed by atoms with Crippen LogP contribution in [-0.2, 0) is 11.2 Å². The first-order chi connectivity index (χ1) is 10.1. The molecule has 0 heterocycles. The van der Waals surface area contributed by atoms with Gasteiger partial charge in [0.25, 0.3) is 0 Å². The van der Waals surface area contributed by atoms with Gasteiger partial charge in [0.1, 0.15) is 6.10 Å². The zero-order valence-electron chi connectivity index (χ0n) is 11.8. The third-order valence-electron chi connectivity index (χ3n) is 2.81. The number of azo groups is 1. The van der Waals surface area contributed by atoms with Crippen LogP contribution in [-0.4, -0.2) is 12.2 Å². The van der Waals surface area contributed by atoms with E-state index in [2.05, 4.69) is 10.2 Å². The predicted molar refractivity (Wildman–Crippen MR) is 80.9 cm³/mol. The van der Waals surface area contributed by atoms with Gasteiger partial charge in [-0.1, -0.05) is 30.3 Å². The second-order valence-corrected chi connectivity index (χ2v) is 4.65. The van der Waals surface area contributed by atoms with Gasteiger partial charge in [-0.2, -0.15) is 10.2 Å². The summed E-state index contributed by atoms with van der Waals surface area (Å²) in [5.41, 5.74) is 7.60. The van der Waals surface area contributed by atoms with E-state index < -0.39 is 6.09 Å². The topological polar surface area (TPSA) is 77.0 Å². The summed E-state index contributed by atoms with van der Waals surface area (Å²) in [6.07, 6.45) is -0.394. The highest BCUT2D eigenvalue weighted by Gasteiger charge is 2.06. The molecule has 0 bridgehead atoms. The number of amides is 1. The van der Waals surface area contributed by atoms with E-state index in [-0.39, 0.29) is 6.10 Å². The van der Waals surface area contributed by atoms with Crippen LogP contribution in [0.5, 0.6) is 0 Å². The molecular weight excluding hydrogens is 266 g/mol. The Kier molecular flexibility index (Phi) is 5.04. The number of ether oxygens (including phenoxy) is 1. The molecule has 0 spiro atoms. The molecule has 108 valence electrons. The van der Waals surface area contributed by atoms with E-state index in [1.54, 1.807) is 6.92 Å².